The van der Waals surface area contributed by atoms with Crippen molar-refractivity contribution in [1.29, 1.82) is 0 Å². The molecule has 3 saturated carbocycles. The van der Waals surface area contributed by atoms with Gasteiger partial charge in [0.05, 0.1) is 0 Å². The largest absolute Gasteiger partial charge is 0.761 e. The summed E-state index contributed by atoms with van der Waals surface area (Å²) in [6, 6.07) is 0. The fourth-order valence-electron chi connectivity index (χ4n) is 5.21. The van der Waals surface area contributed by atoms with Crippen molar-refractivity contribution in [2.75, 3.05) is 27.2 Å². The molecule has 128 valence electrons. The Morgan fingerprint density at radius 2 is 1.50 bits per heavy atom. The van der Waals surface area contributed by atoms with Gasteiger partial charge in [-0.1, -0.05) is 0 Å². The van der Waals surface area contributed by atoms with E-state index in [1.54, 1.807) is 0 Å². The van der Waals surface area contributed by atoms with Crippen LogP contribution in [-0.4, -0.2) is 37.6 Å². The molecule has 0 radical (unpaired) electrons. The molecule has 2 bridgehead atoms. The van der Waals surface area contributed by atoms with Gasteiger partial charge in [-0.05, 0) is 61.2 Å². The van der Waals surface area contributed by atoms with E-state index in [1.165, 1.54) is 39.8 Å². The van der Waals surface area contributed by atoms with Crippen LogP contribution in [0.25, 0.3) is 0 Å². The van der Waals surface area contributed by atoms with E-state index in [0.717, 1.165) is 36.8 Å². The standard InChI is InChI=1S/C14H26N4O4/c1-17(19)21-15-7-9-3-12-10-5-11(8-16-22-18(2)20)13(6-10)14(12)4-9/h9-16H,3-8H2,1-2H3/q-2. The maximum atomic E-state index is 10.7. The van der Waals surface area contributed by atoms with Crippen molar-refractivity contribution in [3.63, 3.8) is 0 Å². The van der Waals surface area contributed by atoms with E-state index in [1.807, 2.05) is 0 Å². The smallest absolute Gasteiger partial charge is 0.0259 e. The number of hydrogen-bond acceptors (Lipinski definition) is 8. The summed E-state index contributed by atoms with van der Waals surface area (Å²) in [5, 5.41) is 22.3. The van der Waals surface area contributed by atoms with Crippen molar-refractivity contribution >= 4 is 0 Å². The minimum atomic E-state index is 0.439. The first-order valence-corrected chi connectivity index (χ1v) is 8.16. The molecule has 3 aliphatic rings. The van der Waals surface area contributed by atoms with Crippen LogP contribution in [0.4, 0.5) is 0 Å². The van der Waals surface area contributed by atoms with Crippen LogP contribution in [0.1, 0.15) is 25.7 Å². The van der Waals surface area contributed by atoms with E-state index < -0.39 is 0 Å². The summed E-state index contributed by atoms with van der Waals surface area (Å²) in [7, 11) is 2.66. The van der Waals surface area contributed by atoms with Crippen LogP contribution >= 0.6 is 0 Å². The number of nitrogens with zero attached hydrogens (tertiary/aromatic N) is 2. The van der Waals surface area contributed by atoms with E-state index in [9.17, 15) is 10.4 Å². The third kappa shape index (κ3) is 3.60. The fraction of sp³-hybridized carbons (Fsp3) is 1.00. The zero-order chi connectivity index (χ0) is 15.7. The topological polar surface area (TPSA) is 95.1 Å². The Balaban J connectivity index is 1.44. The van der Waals surface area contributed by atoms with Crippen molar-refractivity contribution in [2.45, 2.75) is 25.7 Å². The lowest BCUT2D eigenvalue weighted by Crippen LogP contribution is -2.34. The summed E-state index contributed by atoms with van der Waals surface area (Å²) in [6.07, 6.45) is 5.02. The molecule has 0 amide bonds. The quantitative estimate of drug-likeness (QED) is 0.641. The van der Waals surface area contributed by atoms with E-state index in [0.29, 0.717) is 22.3 Å². The Morgan fingerprint density at radius 1 is 0.864 bits per heavy atom. The summed E-state index contributed by atoms with van der Waals surface area (Å²) >= 11 is 0. The second kappa shape index (κ2) is 7.06. The summed E-state index contributed by atoms with van der Waals surface area (Å²) in [6.45, 7) is 1.50. The molecule has 2 N–H and O–H groups in total. The average molecular weight is 314 g/mol. The Bertz CT molecular complexity index is 371. The number of hydroxylamine groups is 6. The predicted octanol–water partition coefficient (Wildman–Crippen LogP) is 1.02. The van der Waals surface area contributed by atoms with E-state index >= 15 is 0 Å². The average Bonchev–Trinajstić information content (AvgIpc) is 3.08. The molecule has 3 rings (SSSR count). The molecule has 0 aromatic heterocycles. The number of hydrogen-bond donors (Lipinski definition) is 2. The zero-order valence-electron chi connectivity index (χ0n) is 13.2. The maximum absolute atomic E-state index is 10.7. The summed E-state index contributed by atoms with van der Waals surface area (Å²) in [5.74, 6) is 4.39. The normalized spacial score (nSPS) is 40.1. The second-order valence-electron chi connectivity index (χ2n) is 7.08. The second-order valence-corrected chi connectivity index (χ2v) is 7.08. The van der Waals surface area contributed by atoms with Crippen LogP contribution in [0.2, 0.25) is 0 Å². The summed E-state index contributed by atoms with van der Waals surface area (Å²) in [4.78, 5) is 9.55. The van der Waals surface area contributed by atoms with Crippen LogP contribution in [0, 0.1) is 45.9 Å². The third-order valence-corrected chi connectivity index (χ3v) is 5.81. The maximum Gasteiger partial charge on any atom is 0.0259 e. The van der Waals surface area contributed by atoms with Crippen molar-refractivity contribution in [3.05, 3.63) is 10.4 Å². The van der Waals surface area contributed by atoms with Gasteiger partial charge >= 0.3 is 0 Å². The molecular weight excluding hydrogens is 288 g/mol. The van der Waals surface area contributed by atoms with Crippen LogP contribution < -0.4 is 11.0 Å². The molecule has 0 heterocycles. The van der Waals surface area contributed by atoms with E-state index in [-0.39, 0.29) is 0 Å². The van der Waals surface area contributed by atoms with E-state index in [2.05, 4.69) is 11.0 Å². The highest BCUT2D eigenvalue weighted by molar-refractivity contribution is 5.04. The number of nitrogens with one attached hydrogen (secondary N) is 2. The monoisotopic (exact) mass is 314 g/mol. The number of fused-ring (bicyclic) bond motifs is 5. The lowest BCUT2D eigenvalue weighted by atomic mass is 9.76. The van der Waals surface area contributed by atoms with Crippen LogP contribution in [-0.2, 0) is 9.88 Å². The minimum Gasteiger partial charge on any atom is -0.761 e. The van der Waals surface area contributed by atoms with Gasteiger partial charge in [-0.15, -0.1) is 0 Å². The van der Waals surface area contributed by atoms with Gasteiger partial charge in [0.15, 0.2) is 0 Å². The number of rotatable bonds is 8. The highest BCUT2D eigenvalue weighted by atomic mass is 17.0. The Hall–Kier alpha value is -0.320. The van der Waals surface area contributed by atoms with Crippen molar-refractivity contribution in [3.8, 4) is 0 Å². The highest BCUT2D eigenvalue weighted by Gasteiger charge is 2.55. The van der Waals surface area contributed by atoms with E-state index in [4.69, 9.17) is 9.88 Å². The molecule has 0 saturated heterocycles. The van der Waals surface area contributed by atoms with Gasteiger partial charge < -0.3 is 10.4 Å². The molecule has 0 aliphatic heterocycles. The first kappa shape index (κ1) is 16.5. The van der Waals surface area contributed by atoms with Gasteiger partial charge in [0.2, 0.25) is 0 Å². The molecule has 3 aliphatic carbocycles. The fourth-order valence-corrected chi connectivity index (χ4v) is 5.21. The molecule has 3 fully saturated rings. The molecule has 6 atom stereocenters. The molecule has 8 nitrogen and oxygen atoms in total. The van der Waals surface area contributed by atoms with Crippen molar-refractivity contribution < 1.29 is 9.88 Å². The van der Waals surface area contributed by atoms with Crippen LogP contribution in [0.15, 0.2) is 0 Å². The van der Waals surface area contributed by atoms with Crippen LogP contribution in [0.5, 0.6) is 0 Å². The van der Waals surface area contributed by atoms with Crippen LogP contribution in [0.3, 0.4) is 0 Å². The molecule has 0 spiro atoms. The molecular formula is C14H26N4O4-2. The molecule has 0 aromatic rings. The SMILES string of the molecule is CN([O-])ONCC1CC2C3CC(CNON(C)[O-])C(C3)C2C1. The first-order chi connectivity index (χ1) is 10.5. The molecule has 0 aromatic carbocycles. The lowest BCUT2D eigenvalue weighted by molar-refractivity contribution is -0.165. The lowest BCUT2D eigenvalue weighted by Gasteiger charge is -2.32. The van der Waals surface area contributed by atoms with Gasteiger partial charge in [-0.25, -0.2) is 20.3 Å². The van der Waals surface area contributed by atoms with Gasteiger partial charge in [0.1, 0.15) is 0 Å². The Labute approximate surface area is 131 Å². The molecule has 22 heavy (non-hydrogen) atoms. The summed E-state index contributed by atoms with van der Waals surface area (Å²) < 4.78 is 0. The van der Waals surface area contributed by atoms with Crippen molar-refractivity contribution in [1.82, 2.24) is 21.4 Å². The zero-order valence-corrected chi connectivity index (χ0v) is 13.2. The third-order valence-electron chi connectivity index (χ3n) is 5.81. The van der Waals surface area contributed by atoms with Crippen molar-refractivity contribution in [2.24, 2.45) is 35.5 Å². The van der Waals surface area contributed by atoms with Gasteiger partial charge in [0.25, 0.3) is 0 Å². The molecule has 8 heteroatoms. The predicted molar refractivity (Wildman–Crippen MR) is 79.8 cm³/mol. The van der Waals surface area contributed by atoms with Gasteiger partial charge in [-0.3, -0.25) is 0 Å². The minimum absolute atomic E-state index is 0.439. The first-order valence-electron chi connectivity index (χ1n) is 8.16. The van der Waals surface area contributed by atoms with Gasteiger partial charge in [-0.2, -0.15) is 11.0 Å². The Morgan fingerprint density at radius 3 is 2.18 bits per heavy atom. The highest BCUT2D eigenvalue weighted by Crippen LogP contribution is 2.61. The molecule has 6 unspecified atom stereocenters. The summed E-state index contributed by atoms with van der Waals surface area (Å²) in [5.41, 5.74) is 5.56. The Kier molecular flexibility index (Phi) is 5.31. The van der Waals surface area contributed by atoms with Gasteiger partial charge in [0, 0.05) is 27.2 Å².